The number of hydrogen-bond acceptors (Lipinski definition) is 4. The quantitative estimate of drug-likeness (QED) is 0.946. The number of likely N-dealkylation sites (tertiary alicyclic amines) is 1. The van der Waals surface area contributed by atoms with Gasteiger partial charge in [0.1, 0.15) is 16.5 Å². The minimum absolute atomic E-state index is 0.0277. The number of thiazole rings is 1. The fraction of sp³-hybridized carbons (Fsp3) is 0.375. The number of rotatable bonds is 3. The van der Waals surface area contributed by atoms with Crippen LogP contribution >= 0.6 is 11.3 Å². The Labute approximate surface area is 132 Å². The predicted molar refractivity (Wildman–Crippen MR) is 85.2 cm³/mol. The molecule has 4 nitrogen and oxygen atoms in total. The number of benzene rings is 1. The van der Waals surface area contributed by atoms with Crippen LogP contribution in [0.2, 0.25) is 0 Å². The summed E-state index contributed by atoms with van der Waals surface area (Å²) >= 11 is 1.40. The number of piperidine rings is 1. The van der Waals surface area contributed by atoms with Gasteiger partial charge < -0.3 is 10.6 Å². The van der Waals surface area contributed by atoms with Gasteiger partial charge in [-0.25, -0.2) is 9.37 Å². The van der Waals surface area contributed by atoms with E-state index in [0.29, 0.717) is 18.2 Å². The van der Waals surface area contributed by atoms with Crippen molar-refractivity contribution < 1.29 is 9.18 Å². The molecule has 1 aliphatic rings. The summed E-state index contributed by atoms with van der Waals surface area (Å²) < 4.78 is 13.0. The van der Waals surface area contributed by atoms with Crippen LogP contribution in [0.15, 0.2) is 29.6 Å². The van der Waals surface area contributed by atoms with E-state index in [4.69, 9.17) is 5.73 Å². The maximum absolute atomic E-state index is 13.0. The molecule has 2 aromatic rings. The first-order valence-electron chi connectivity index (χ1n) is 7.38. The van der Waals surface area contributed by atoms with Crippen molar-refractivity contribution >= 4 is 17.2 Å². The Bertz CT molecular complexity index is 648. The molecule has 3 rings (SSSR count). The molecule has 0 atom stereocenters. The highest BCUT2D eigenvalue weighted by atomic mass is 32.1. The molecule has 2 N–H and O–H groups in total. The molecule has 2 heterocycles. The largest absolute Gasteiger partial charge is 0.337 e. The van der Waals surface area contributed by atoms with E-state index in [1.807, 2.05) is 4.90 Å². The van der Waals surface area contributed by atoms with Gasteiger partial charge in [0.2, 0.25) is 0 Å². The predicted octanol–water partition coefficient (Wildman–Crippen LogP) is 2.76. The van der Waals surface area contributed by atoms with Gasteiger partial charge in [-0.3, -0.25) is 4.79 Å². The number of aromatic nitrogens is 1. The van der Waals surface area contributed by atoms with Gasteiger partial charge in [-0.1, -0.05) is 0 Å². The van der Waals surface area contributed by atoms with E-state index in [0.717, 1.165) is 36.5 Å². The van der Waals surface area contributed by atoms with Crippen LogP contribution in [0.4, 0.5) is 4.39 Å². The number of halogens is 1. The van der Waals surface area contributed by atoms with E-state index in [2.05, 4.69) is 4.98 Å². The zero-order valence-corrected chi connectivity index (χ0v) is 13.0. The third-order valence-electron chi connectivity index (χ3n) is 4.05. The van der Waals surface area contributed by atoms with Crippen LogP contribution in [0, 0.1) is 11.7 Å². The first-order chi connectivity index (χ1) is 10.7. The monoisotopic (exact) mass is 319 g/mol. The number of nitrogens with two attached hydrogens (primary N) is 1. The second kappa shape index (κ2) is 6.54. The van der Waals surface area contributed by atoms with E-state index < -0.39 is 0 Å². The molecule has 0 bridgehead atoms. The normalized spacial score (nSPS) is 16.0. The van der Waals surface area contributed by atoms with Gasteiger partial charge in [-0.2, -0.15) is 0 Å². The summed E-state index contributed by atoms with van der Waals surface area (Å²) in [6.07, 6.45) is 1.91. The molecule has 6 heteroatoms. The van der Waals surface area contributed by atoms with Gasteiger partial charge in [0.25, 0.3) is 5.91 Å². The van der Waals surface area contributed by atoms with Crippen molar-refractivity contribution in [3.8, 4) is 10.6 Å². The van der Waals surface area contributed by atoms with Crippen LogP contribution in [-0.4, -0.2) is 35.4 Å². The molecule has 22 heavy (non-hydrogen) atoms. The zero-order valence-electron chi connectivity index (χ0n) is 12.2. The topological polar surface area (TPSA) is 59.2 Å². The van der Waals surface area contributed by atoms with Gasteiger partial charge in [0.15, 0.2) is 0 Å². The smallest absolute Gasteiger partial charge is 0.273 e. The van der Waals surface area contributed by atoms with Crippen molar-refractivity contribution in [3.05, 3.63) is 41.2 Å². The lowest BCUT2D eigenvalue weighted by molar-refractivity contribution is 0.0688. The Morgan fingerprint density at radius 3 is 2.64 bits per heavy atom. The lowest BCUT2D eigenvalue weighted by Gasteiger charge is -2.30. The van der Waals surface area contributed by atoms with Crippen LogP contribution in [0.1, 0.15) is 23.3 Å². The molecule has 0 radical (unpaired) electrons. The fourth-order valence-electron chi connectivity index (χ4n) is 2.63. The first-order valence-corrected chi connectivity index (χ1v) is 8.26. The molecule has 1 saturated heterocycles. The summed E-state index contributed by atoms with van der Waals surface area (Å²) in [5.74, 6) is 0.216. The Kier molecular flexibility index (Phi) is 4.49. The lowest BCUT2D eigenvalue weighted by Crippen LogP contribution is -2.40. The zero-order chi connectivity index (χ0) is 15.5. The van der Waals surface area contributed by atoms with Gasteiger partial charge in [0.05, 0.1) is 0 Å². The highest BCUT2D eigenvalue weighted by molar-refractivity contribution is 7.13. The van der Waals surface area contributed by atoms with Crippen LogP contribution in [0.5, 0.6) is 0 Å². The summed E-state index contributed by atoms with van der Waals surface area (Å²) in [6, 6.07) is 6.15. The van der Waals surface area contributed by atoms with Crippen molar-refractivity contribution in [2.24, 2.45) is 11.7 Å². The third kappa shape index (κ3) is 3.18. The summed E-state index contributed by atoms with van der Waals surface area (Å²) in [5.41, 5.74) is 6.97. The maximum Gasteiger partial charge on any atom is 0.273 e. The van der Waals surface area contributed by atoms with Crippen LogP contribution in [0.25, 0.3) is 10.6 Å². The van der Waals surface area contributed by atoms with Crippen molar-refractivity contribution in [2.45, 2.75) is 12.8 Å². The number of nitrogens with zero attached hydrogens (tertiary/aromatic N) is 2. The molecular weight excluding hydrogens is 301 g/mol. The van der Waals surface area contributed by atoms with Crippen LogP contribution in [-0.2, 0) is 0 Å². The number of carbonyl (C=O) groups excluding carboxylic acids is 1. The summed E-state index contributed by atoms with van der Waals surface area (Å²) in [5, 5.41) is 2.51. The van der Waals surface area contributed by atoms with E-state index in [1.54, 1.807) is 17.5 Å². The molecule has 1 aliphatic heterocycles. The highest BCUT2D eigenvalue weighted by Gasteiger charge is 2.24. The standard InChI is InChI=1S/C16H18FN3OS/c17-13-3-1-12(2-4-13)15-19-14(10-22-15)16(21)20-7-5-11(9-18)6-8-20/h1-4,10-11H,5-9,18H2. The SMILES string of the molecule is NCC1CCN(C(=O)c2csc(-c3ccc(F)cc3)n2)CC1. The van der Waals surface area contributed by atoms with E-state index in [1.165, 1.54) is 23.5 Å². The minimum Gasteiger partial charge on any atom is -0.337 e. The molecule has 0 unspecified atom stereocenters. The average molecular weight is 319 g/mol. The molecule has 116 valence electrons. The van der Waals surface area contributed by atoms with Crippen molar-refractivity contribution in [2.75, 3.05) is 19.6 Å². The second-order valence-corrected chi connectivity index (χ2v) is 6.37. The van der Waals surface area contributed by atoms with Crippen molar-refractivity contribution in [3.63, 3.8) is 0 Å². The van der Waals surface area contributed by atoms with Gasteiger partial charge >= 0.3 is 0 Å². The molecule has 0 aliphatic carbocycles. The molecule has 0 saturated carbocycles. The summed E-state index contributed by atoms with van der Waals surface area (Å²) in [7, 11) is 0. The van der Waals surface area contributed by atoms with E-state index >= 15 is 0 Å². The molecular formula is C16H18FN3OS. The average Bonchev–Trinajstić information content (AvgIpc) is 3.05. The second-order valence-electron chi connectivity index (χ2n) is 5.52. The molecule has 1 amide bonds. The Balaban J connectivity index is 1.71. The van der Waals surface area contributed by atoms with Crippen LogP contribution in [0.3, 0.4) is 0 Å². The summed E-state index contributed by atoms with van der Waals surface area (Å²) in [4.78, 5) is 18.7. The van der Waals surface area contributed by atoms with Gasteiger partial charge in [0, 0.05) is 24.0 Å². The van der Waals surface area contributed by atoms with Gasteiger partial charge in [-0.05, 0) is 49.6 Å². The maximum atomic E-state index is 13.0. The third-order valence-corrected chi connectivity index (χ3v) is 4.94. The van der Waals surface area contributed by atoms with Gasteiger partial charge in [-0.15, -0.1) is 11.3 Å². The number of hydrogen-bond donors (Lipinski definition) is 1. The first kappa shape index (κ1) is 15.1. The van der Waals surface area contributed by atoms with Crippen molar-refractivity contribution in [1.29, 1.82) is 0 Å². The van der Waals surface area contributed by atoms with E-state index in [9.17, 15) is 9.18 Å². The molecule has 1 aromatic carbocycles. The molecule has 1 aromatic heterocycles. The highest BCUT2D eigenvalue weighted by Crippen LogP contribution is 2.25. The Morgan fingerprint density at radius 1 is 1.32 bits per heavy atom. The fourth-order valence-corrected chi connectivity index (χ4v) is 3.43. The Hall–Kier alpha value is -1.79. The van der Waals surface area contributed by atoms with Crippen LogP contribution < -0.4 is 5.73 Å². The van der Waals surface area contributed by atoms with Crippen molar-refractivity contribution in [1.82, 2.24) is 9.88 Å². The summed E-state index contributed by atoms with van der Waals surface area (Å²) in [6.45, 7) is 2.17. The molecule has 1 fully saturated rings. The number of carbonyl (C=O) groups is 1. The number of amides is 1. The lowest BCUT2D eigenvalue weighted by atomic mass is 9.97. The minimum atomic E-state index is -0.278. The molecule has 0 spiro atoms. The Morgan fingerprint density at radius 2 is 2.00 bits per heavy atom. The van der Waals surface area contributed by atoms with E-state index in [-0.39, 0.29) is 11.7 Å².